The van der Waals surface area contributed by atoms with Crippen LogP contribution in [0.3, 0.4) is 0 Å². The molecule has 2 heterocycles. The first kappa shape index (κ1) is 18.3. The van der Waals surface area contributed by atoms with Crippen molar-refractivity contribution >= 4 is 11.9 Å². The molecule has 2 aromatic carbocycles. The first-order valence-electron chi connectivity index (χ1n) is 10.3. The quantitative estimate of drug-likeness (QED) is 0.709. The van der Waals surface area contributed by atoms with Crippen LogP contribution >= 0.6 is 0 Å². The fourth-order valence-electron chi connectivity index (χ4n) is 4.65. The Balaban J connectivity index is 1.46. The Labute approximate surface area is 170 Å². The summed E-state index contributed by atoms with van der Waals surface area (Å²) >= 11 is 0. The number of hydrogen-bond acceptors (Lipinski definition) is 5. The zero-order valence-corrected chi connectivity index (χ0v) is 16.9. The molecule has 0 bridgehead atoms. The van der Waals surface area contributed by atoms with Crippen molar-refractivity contribution < 1.29 is 19.0 Å². The maximum atomic E-state index is 13.1. The fraction of sp³-hybridized carbons (Fsp3) is 0.375. The van der Waals surface area contributed by atoms with E-state index < -0.39 is 0 Å². The summed E-state index contributed by atoms with van der Waals surface area (Å²) in [5, 5.41) is 0. The van der Waals surface area contributed by atoms with Gasteiger partial charge < -0.3 is 14.2 Å². The van der Waals surface area contributed by atoms with Gasteiger partial charge in [0.05, 0.1) is 12.7 Å². The van der Waals surface area contributed by atoms with Crippen LogP contribution in [0.15, 0.2) is 36.1 Å². The third kappa shape index (κ3) is 3.19. The van der Waals surface area contributed by atoms with Gasteiger partial charge in [-0.1, -0.05) is 25.0 Å². The molecule has 0 aromatic heterocycles. The van der Waals surface area contributed by atoms with Gasteiger partial charge in [-0.25, -0.2) is 0 Å². The molecule has 0 amide bonds. The number of nitrogens with zero attached hydrogens (tertiary/aromatic N) is 1. The summed E-state index contributed by atoms with van der Waals surface area (Å²) in [4.78, 5) is 15.4. The first-order chi connectivity index (χ1) is 14.1. The van der Waals surface area contributed by atoms with E-state index in [9.17, 15) is 4.79 Å². The lowest BCUT2D eigenvalue weighted by Gasteiger charge is -2.34. The predicted molar refractivity (Wildman–Crippen MR) is 110 cm³/mol. The SMILES string of the molecule is COc1cccc(/C=C2\Oc3c(cc4c(c3C)OCN(C3CCCC3)C4)C2=O)c1. The summed E-state index contributed by atoms with van der Waals surface area (Å²) < 4.78 is 17.4. The topological polar surface area (TPSA) is 48.0 Å². The zero-order chi connectivity index (χ0) is 20.0. The highest BCUT2D eigenvalue weighted by Gasteiger charge is 2.35. The highest BCUT2D eigenvalue weighted by Crippen LogP contribution is 2.44. The third-order valence-electron chi connectivity index (χ3n) is 6.20. The van der Waals surface area contributed by atoms with Gasteiger partial charge in [0.1, 0.15) is 24.0 Å². The molecular weight excluding hydrogens is 366 g/mol. The molecular formula is C24H25NO4. The highest BCUT2D eigenvalue weighted by molar-refractivity contribution is 6.15. The molecule has 5 rings (SSSR count). The number of carbonyl (C=O) groups excluding carboxylic acids is 1. The highest BCUT2D eigenvalue weighted by atomic mass is 16.5. The van der Waals surface area contributed by atoms with Gasteiger partial charge in [-0.3, -0.25) is 9.69 Å². The van der Waals surface area contributed by atoms with Crippen molar-refractivity contribution in [3.63, 3.8) is 0 Å². The summed E-state index contributed by atoms with van der Waals surface area (Å²) in [6, 6.07) is 10.1. The predicted octanol–water partition coefficient (Wildman–Crippen LogP) is 4.71. The van der Waals surface area contributed by atoms with Crippen molar-refractivity contribution in [3.05, 3.63) is 58.3 Å². The minimum Gasteiger partial charge on any atom is -0.497 e. The lowest BCUT2D eigenvalue weighted by molar-refractivity contribution is 0.0570. The minimum absolute atomic E-state index is 0.0771. The Morgan fingerprint density at radius 1 is 1.17 bits per heavy atom. The number of ether oxygens (including phenoxy) is 3. The van der Waals surface area contributed by atoms with E-state index in [1.165, 1.54) is 25.7 Å². The van der Waals surface area contributed by atoms with Crippen molar-refractivity contribution in [3.8, 4) is 17.2 Å². The van der Waals surface area contributed by atoms with Gasteiger partial charge in [-0.2, -0.15) is 0 Å². The molecule has 1 aliphatic carbocycles. The molecule has 0 radical (unpaired) electrons. The van der Waals surface area contributed by atoms with Crippen LogP contribution in [0.25, 0.3) is 6.08 Å². The monoisotopic (exact) mass is 391 g/mol. The number of methoxy groups -OCH3 is 1. The summed E-state index contributed by atoms with van der Waals surface area (Å²) in [5.41, 5.74) is 3.49. The number of benzene rings is 2. The van der Waals surface area contributed by atoms with Gasteiger partial charge in [0.2, 0.25) is 5.78 Å². The Morgan fingerprint density at radius 2 is 2.00 bits per heavy atom. The molecule has 5 nitrogen and oxygen atoms in total. The van der Waals surface area contributed by atoms with E-state index in [0.717, 1.165) is 34.7 Å². The molecule has 0 unspecified atom stereocenters. The maximum Gasteiger partial charge on any atom is 0.231 e. The number of Topliss-reactive ketones (excluding diaryl/α,β-unsaturated/α-hetero) is 1. The lowest BCUT2D eigenvalue weighted by Crippen LogP contribution is -2.39. The van der Waals surface area contributed by atoms with E-state index >= 15 is 0 Å². The van der Waals surface area contributed by atoms with Crippen molar-refractivity contribution in [2.24, 2.45) is 0 Å². The molecule has 0 N–H and O–H groups in total. The largest absolute Gasteiger partial charge is 0.497 e. The number of hydrogen-bond donors (Lipinski definition) is 0. The third-order valence-corrected chi connectivity index (χ3v) is 6.20. The fourth-order valence-corrected chi connectivity index (χ4v) is 4.65. The molecule has 150 valence electrons. The molecule has 5 heteroatoms. The van der Waals surface area contributed by atoms with Crippen molar-refractivity contribution in [2.45, 2.75) is 45.2 Å². The van der Waals surface area contributed by atoms with Crippen LogP contribution < -0.4 is 14.2 Å². The molecule has 29 heavy (non-hydrogen) atoms. The van der Waals surface area contributed by atoms with Gasteiger partial charge >= 0.3 is 0 Å². The van der Waals surface area contributed by atoms with Crippen LogP contribution in [0.5, 0.6) is 17.2 Å². The standard InChI is InChI=1S/C24H25NO4/c1-15-23-17(13-25(14-28-23)18-7-3-4-8-18)12-20-22(26)21(29-24(15)20)11-16-6-5-9-19(10-16)27-2/h5-6,9-12,18H,3-4,7-8,13-14H2,1-2H3/b21-11-. The second-order valence-electron chi connectivity index (χ2n) is 8.04. The Hall–Kier alpha value is -2.79. The average molecular weight is 391 g/mol. The van der Waals surface area contributed by atoms with E-state index in [-0.39, 0.29) is 5.78 Å². The molecule has 1 fully saturated rings. The van der Waals surface area contributed by atoms with E-state index in [0.29, 0.717) is 29.8 Å². The average Bonchev–Trinajstić information content (AvgIpc) is 3.38. The summed E-state index contributed by atoms with van der Waals surface area (Å²) in [6.45, 7) is 3.42. The van der Waals surface area contributed by atoms with Gasteiger partial charge in [0.25, 0.3) is 0 Å². The van der Waals surface area contributed by atoms with Crippen LogP contribution in [0.1, 0.15) is 52.7 Å². The number of fused-ring (bicyclic) bond motifs is 2. The second kappa shape index (κ2) is 7.23. The van der Waals surface area contributed by atoms with Crippen LogP contribution in [-0.4, -0.2) is 30.6 Å². The first-order valence-corrected chi connectivity index (χ1v) is 10.3. The van der Waals surface area contributed by atoms with Crippen molar-refractivity contribution in [1.29, 1.82) is 0 Å². The van der Waals surface area contributed by atoms with Crippen LogP contribution in [0.2, 0.25) is 0 Å². The summed E-state index contributed by atoms with van der Waals surface area (Å²) in [5.74, 6) is 2.50. The molecule has 0 atom stereocenters. The van der Waals surface area contributed by atoms with Gasteiger partial charge in [-0.15, -0.1) is 0 Å². The molecule has 3 aliphatic rings. The smallest absolute Gasteiger partial charge is 0.231 e. The second-order valence-corrected chi connectivity index (χ2v) is 8.04. The molecule has 2 aliphatic heterocycles. The Kier molecular flexibility index (Phi) is 4.55. The van der Waals surface area contributed by atoms with Crippen LogP contribution in [0, 0.1) is 6.92 Å². The van der Waals surface area contributed by atoms with Gasteiger partial charge in [-0.05, 0) is 49.6 Å². The van der Waals surface area contributed by atoms with Gasteiger partial charge in [0.15, 0.2) is 5.76 Å². The maximum absolute atomic E-state index is 13.1. The lowest BCUT2D eigenvalue weighted by atomic mass is 9.99. The van der Waals surface area contributed by atoms with Crippen LogP contribution in [-0.2, 0) is 6.54 Å². The number of carbonyl (C=O) groups is 1. The zero-order valence-electron chi connectivity index (χ0n) is 16.9. The van der Waals surface area contributed by atoms with Gasteiger partial charge in [0, 0.05) is 23.7 Å². The molecule has 2 aromatic rings. The molecule has 0 spiro atoms. The Bertz CT molecular complexity index is 1000. The summed E-state index contributed by atoms with van der Waals surface area (Å²) in [6.07, 6.45) is 6.83. The minimum atomic E-state index is -0.0771. The van der Waals surface area contributed by atoms with E-state index in [1.807, 2.05) is 37.3 Å². The normalized spacial score (nSPS) is 20.3. The number of ketones is 1. The van der Waals surface area contributed by atoms with E-state index in [4.69, 9.17) is 14.2 Å². The number of allylic oxidation sites excluding steroid dienone is 1. The van der Waals surface area contributed by atoms with E-state index in [2.05, 4.69) is 4.90 Å². The van der Waals surface area contributed by atoms with Crippen molar-refractivity contribution in [2.75, 3.05) is 13.8 Å². The molecule has 1 saturated carbocycles. The number of rotatable bonds is 3. The van der Waals surface area contributed by atoms with Crippen LogP contribution in [0.4, 0.5) is 0 Å². The van der Waals surface area contributed by atoms with E-state index in [1.54, 1.807) is 13.2 Å². The summed E-state index contributed by atoms with van der Waals surface area (Å²) in [7, 11) is 1.63. The Morgan fingerprint density at radius 3 is 2.79 bits per heavy atom. The van der Waals surface area contributed by atoms with Crippen molar-refractivity contribution in [1.82, 2.24) is 4.90 Å². The molecule has 0 saturated heterocycles.